The Hall–Kier alpha value is -3.49. The first-order valence-corrected chi connectivity index (χ1v) is 11.0. The van der Waals surface area contributed by atoms with Crippen molar-refractivity contribution in [1.82, 2.24) is 14.9 Å². The van der Waals surface area contributed by atoms with E-state index in [-0.39, 0.29) is 6.61 Å². The average molecular weight is 463 g/mol. The van der Waals surface area contributed by atoms with Crippen LogP contribution in [-0.4, -0.2) is 41.0 Å². The molecule has 1 aliphatic rings. The first-order chi connectivity index (χ1) is 16.0. The van der Waals surface area contributed by atoms with Crippen LogP contribution >= 0.6 is 12.2 Å². The molecule has 1 aromatic heterocycles. The summed E-state index contributed by atoms with van der Waals surface area (Å²) in [5.41, 5.74) is 5.14. The molecule has 1 aliphatic heterocycles. The Balaban J connectivity index is 1.72. The molecular formula is C25H26N4O3S. The second-order valence-corrected chi connectivity index (χ2v) is 8.13. The highest BCUT2D eigenvalue weighted by molar-refractivity contribution is 7.80. The summed E-state index contributed by atoms with van der Waals surface area (Å²) in [6.07, 6.45) is 5.35. The highest BCUT2D eigenvalue weighted by atomic mass is 32.1. The molecule has 33 heavy (non-hydrogen) atoms. The minimum atomic E-state index is -0.439. The van der Waals surface area contributed by atoms with Crippen LogP contribution in [0.4, 0.5) is 5.69 Å². The number of hydrogen-bond donors (Lipinski definition) is 1. The number of rotatable bonds is 7. The summed E-state index contributed by atoms with van der Waals surface area (Å²) in [4.78, 5) is 19.2. The predicted molar refractivity (Wildman–Crippen MR) is 131 cm³/mol. The highest BCUT2D eigenvalue weighted by Gasteiger charge is 2.35. The normalized spacial score (nSPS) is 16.0. The van der Waals surface area contributed by atoms with Crippen molar-refractivity contribution in [3.63, 3.8) is 0 Å². The molecule has 2 heterocycles. The third-order valence-corrected chi connectivity index (χ3v) is 5.85. The summed E-state index contributed by atoms with van der Waals surface area (Å²) in [6.45, 7) is 4.43. The number of aromatic nitrogens is 2. The van der Waals surface area contributed by atoms with Gasteiger partial charge in [-0.05, 0) is 55.9 Å². The maximum absolute atomic E-state index is 13.2. The van der Waals surface area contributed by atoms with Gasteiger partial charge >= 0.3 is 5.97 Å². The second kappa shape index (κ2) is 9.97. The molecule has 170 valence electrons. The third kappa shape index (κ3) is 4.81. The zero-order valence-electron chi connectivity index (χ0n) is 18.8. The average Bonchev–Trinajstić information content (AvgIpc) is 3.35. The van der Waals surface area contributed by atoms with Gasteiger partial charge in [0.1, 0.15) is 6.61 Å². The quantitative estimate of drug-likeness (QED) is 0.322. The molecule has 0 bridgehead atoms. The second-order valence-electron chi connectivity index (χ2n) is 7.74. The molecule has 0 amide bonds. The summed E-state index contributed by atoms with van der Waals surface area (Å²) in [7, 11) is 1.57. The smallest absolute Gasteiger partial charge is 0.338 e. The maximum atomic E-state index is 13.2. The van der Waals surface area contributed by atoms with Crippen LogP contribution in [0.15, 0.2) is 78.5 Å². The Morgan fingerprint density at radius 3 is 2.39 bits per heavy atom. The Bertz CT molecular complexity index is 1160. The van der Waals surface area contributed by atoms with Crippen molar-refractivity contribution in [2.24, 2.45) is 0 Å². The molecule has 1 atom stereocenters. The number of imidazole rings is 1. The molecule has 1 unspecified atom stereocenters. The SMILES string of the molecule is COCCOC(=O)C1=C(C)N(c2ccc(C)cc2)C(=S)NC1c1ccc(-n2ccnc2)cc1. The van der Waals surface area contributed by atoms with Gasteiger partial charge in [-0.25, -0.2) is 9.78 Å². The van der Waals surface area contributed by atoms with E-state index >= 15 is 0 Å². The van der Waals surface area contributed by atoms with Crippen LogP contribution in [0.2, 0.25) is 0 Å². The van der Waals surface area contributed by atoms with Gasteiger partial charge in [-0.2, -0.15) is 0 Å². The maximum Gasteiger partial charge on any atom is 0.338 e. The number of anilines is 1. The van der Waals surface area contributed by atoms with E-state index < -0.39 is 12.0 Å². The zero-order chi connectivity index (χ0) is 23.4. The van der Waals surface area contributed by atoms with E-state index in [1.54, 1.807) is 19.6 Å². The highest BCUT2D eigenvalue weighted by Crippen LogP contribution is 2.34. The minimum Gasteiger partial charge on any atom is -0.460 e. The van der Waals surface area contributed by atoms with Gasteiger partial charge in [0.05, 0.1) is 24.5 Å². The molecule has 8 heteroatoms. The van der Waals surface area contributed by atoms with Crippen LogP contribution in [0, 0.1) is 6.92 Å². The van der Waals surface area contributed by atoms with Gasteiger partial charge in [0.15, 0.2) is 5.11 Å². The number of thiocarbonyl (C=S) groups is 1. The van der Waals surface area contributed by atoms with Gasteiger partial charge in [-0.3, -0.25) is 4.90 Å². The lowest BCUT2D eigenvalue weighted by atomic mass is 9.94. The van der Waals surface area contributed by atoms with Crippen molar-refractivity contribution < 1.29 is 14.3 Å². The molecule has 0 spiro atoms. The van der Waals surface area contributed by atoms with Gasteiger partial charge in [0, 0.05) is 36.6 Å². The molecular weight excluding hydrogens is 436 g/mol. The molecule has 0 fully saturated rings. The first kappa shape index (κ1) is 22.7. The summed E-state index contributed by atoms with van der Waals surface area (Å²) >= 11 is 5.73. The van der Waals surface area contributed by atoms with Gasteiger partial charge in [0.2, 0.25) is 0 Å². The molecule has 0 saturated carbocycles. The molecule has 0 saturated heterocycles. The van der Waals surface area contributed by atoms with Crippen molar-refractivity contribution in [2.75, 3.05) is 25.2 Å². The number of allylic oxidation sites excluding steroid dienone is 1. The van der Waals surface area contributed by atoms with Gasteiger partial charge in [-0.1, -0.05) is 29.8 Å². The molecule has 2 aromatic carbocycles. The van der Waals surface area contributed by atoms with Gasteiger partial charge in [0.25, 0.3) is 0 Å². The van der Waals surface area contributed by atoms with Crippen LogP contribution in [0.1, 0.15) is 24.1 Å². The molecule has 0 radical (unpaired) electrons. The largest absolute Gasteiger partial charge is 0.460 e. The van der Waals surface area contributed by atoms with Crippen molar-refractivity contribution in [1.29, 1.82) is 0 Å². The molecule has 0 aliphatic carbocycles. The number of nitrogens with one attached hydrogen (secondary N) is 1. The summed E-state index contributed by atoms with van der Waals surface area (Å²) in [5.74, 6) is -0.402. The van der Waals surface area contributed by atoms with Crippen LogP contribution in [0.3, 0.4) is 0 Å². The Kier molecular flexibility index (Phi) is 6.86. The monoisotopic (exact) mass is 462 g/mol. The number of ether oxygens (including phenoxy) is 2. The molecule has 1 N–H and O–H groups in total. The fourth-order valence-electron chi connectivity index (χ4n) is 3.81. The minimum absolute atomic E-state index is 0.174. The number of aryl methyl sites for hydroxylation is 1. The van der Waals surface area contributed by atoms with E-state index in [0.717, 1.165) is 28.2 Å². The Morgan fingerprint density at radius 1 is 1.06 bits per heavy atom. The topological polar surface area (TPSA) is 68.6 Å². The lowest BCUT2D eigenvalue weighted by Crippen LogP contribution is -2.48. The van der Waals surface area contributed by atoms with Crippen molar-refractivity contribution in [3.05, 3.63) is 89.6 Å². The fourth-order valence-corrected chi connectivity index (χ4v) is 4.17. The number of carbonyl (C=O) groups excluding carboxylic acids is 1. The number of benzene rings is 2. The number of esters is 1. The first-order valence-electron chi connectivity index (χ1n) is 10.6. The zero-order valence-corrected chi connectivity index (χ0v) is 19.6. The van der Waals surface area contributed by atoms with Crippen LogP contribution in [0.5, 0.6) is 0 Å². The third-order valence-electron chi connectivity index (χ3n) is 5.55. The number of methoxy groups -OCH3 is 1. The van der Waals surface area contributed by atoms with E-state index in [4.69, 9.17) is 21.7 Å². The van der Waals surface area contributed by atoms with Crippen molar-refractivity contribution >= 4 is 29.0 Å². The Morgan fingerprint density at radius 2 is 1.76 bits per heavy atom. The lowest BCUT2D eigenvalue weighted by molar-refractivity contribution is -0.140. The van der Waals surface area contributed by atoms with Crippen molar-refractivity contribution in [2.45, 2.75) is 19.9 Å². The number of carbonyl (C=O) groups is 1. The lowest BCUT2D eigenvalue weighted by Gasteiger charge is -2.37. The fraction of sp³-hybridized carbons (Fsp3) is 0.240. The summed E-state index contributed by atoms with van der Waals surface area (Å²) in [6, 6.07) is 15.5. The standard InChI is InChI=1S/C25H26N4O3S/c1-17-4-8-21(9-5-17)29-18(2)22(24(30)32-15-14-31-3)23(27-25(29)33)19-6-10-20(11-7-19)28-13-12-26-16-28/h4-13,16,23H,14-15H2,1-3H3,(H,27,33). The summed E-state index contributed by atoms with van der Waals surface area (Å²) < 4.78 is 12.5. The van der Waals surface area contributed by atoms with Crippen LogP contribution in [0.25, 0.3) is 5.69 Å². The predicted octanol–water partition coefficient (Wildman–Crippen LogP) is 4.08. The van der Waals surface area contributed by atoms with Crippen molar-refractivity contribution in [3.8, 4) is 5.69 Å². The molecule has 4 rings (SSSR count). The Labute approximate surface area is 198 Å². The van der Waals surface area contributed by atoms with E-state index in [9.17, 15) is 4.79 Å². The van der Waals surface area contributed by atoms with Gasteiger partial charge < -0.3 is 19.4 Å². The van der Waals surface area contributed by atoms with E-state index in [2.05, 4.69) is 10.3 Å². The van der Waals surface area contributed by atoms with Gasteiger partial charge in [-0.15, -0.1) is 0 Å². The van der Waals surface area contributed by atoms with E-state index in [1.165, 1.54) is 0 Å². The van der Waals surface area contributed by atoms with E-state index in [1.807, 2.05) is 78.0 Å². The number of nitrogens with zero attached hydrogens (tertiary/aromatic N) is 3. The summed E-state index contributed by atoms with van der Waals surface area (Å²) in [5, 5.41) is 3.87. The number of hydrogen-bond acceptors (Lipinski definition) is 5. The molecule has 3 aromatic rings. The van der Waals surface area contributed by atoms with E-state index in [0.29, 0.717) is 17.3 Å². The van der Waals surface area contributed by atoms with Crippen LogP contribution < -0.4 is 10.2 Å². The molecule has 7 nitrogen and oxygen atoms in total. The van der Waals surface area contributed by atoms with Crippen LogP contribution in [-0.2, 0) is 14.3 Å².